The zero-order valence-corrected chi connectivity index (χ0v) is 9.81. The fraction of sp³-hybridized carbons (Fsp3) is 0.333. The maximum Gasteiger partial charge on any atom is 0.0457 e. The van der Waals surface area contributed by atoms with Crippen LogP contribution in [0.4, 0.5) is 0 Å². The zero-order chi connectivity index (χ0) is 10.1. The lowest BCUT2D eigenvalue weighted by molar-refractivity contribution is 0.430. The second kappa shape index (κ2) is 4.87. The molecule has 0 unspecified atom stereocenters. The van der Waals surface area contributed by atoms with Crippen LogP contribution in [0.3, 0.4) is 0 Å². The van der Waals surface area contributed by atoms with Crippen LogP contribution in [0, 0.1) is 0 Å². The molecule has 0 spiro atoms. The van der Waals surface area contributed by atoms with Crippen molar-refractivity contribution in [3.05, 3.63) is 36.0 Å². The van der Waals surface area contributed by atoms with E-state index in [1.807, 2.05) is 6.20 Å². The van der Waals surface area contributed by atoms with Crippen LogP contribution in [0.5, 0.6) is 0 Å². The number of fused-ring (bicyclic) bond motifs is 1. The SMILES string of the molecule is Cl.c1cc2ccc([C@H]3CNCCN3)cc2[nH]1. The zero-order valence-electron chi connectivity index (χ0n) is 8.99. The first-order chi connectivity index (χ1) is 7.43. The monoisotopic (exact) mass is 237 g/mol. The summed E-state index contributed by atoms with van der Waals surface area (Å²) in [4.78, 5) is 3.25. The van der Waals surface area contributed by atoms with Gasteiger partial charge in [-0.05, 0) is 23.1 Å². The molecule has 1 atom stereocenters. The predicted molar refractivity (Wildman–Crippen MR) is 69.2 cm³/mol. The Kier molecular flexibility index (Phi) is 3.49. The van der Waals surface area contributed by atoms with Crippen molar-refractivity contribution in [2.75, 3.05) is 19.6 Å². The lowest BCUT2D eigenvalue weighted by Gasteiger charge is -2.24. The summed E-state index contributed by atoms with van der Waals surface area (Å²) in [7, 11) is 0. The molecule has 3 nitrogen and oxygen atoms in total. The third-order valence-corrected chi connectivity index (χ3v) is 3.02. The number of rotatable bonds is 1. The first-order valence-electron chi connectivity index (χ1n) is 5.44. The molecule has 2 aromatic rings. The normalized spacial score (nSPS) is 20.6. The summed E-state index contributed by atoms with van der Waals surface area (Å²) in [6, 6.07) is 9.18. The lowest BCUT2D eigenvalue weighted by Crippen LogP contribution is -2.42. The molecule has 0 bridgehead atoms. The molecule has 3 rings (SSSR count). The molecular formula is C12H16ClN3. The van der Waals surface area contributed by atoms with E-state index in [1.54, 1.807) is 0 Å². The Bertz CT molecular complexity index is 460. The number of halogens is 1. The van der Waals surface area contributed by atoms with E-state index in [0.717, 1.165) is 19.6 Å². The first kappa shape index (κ1) is 11.5. The smallest absolute Gasteiger partial charge is 0.0457 e. The number of nitrogens with one attached hydrogen (secondary N) is 3. The summed E-state index contributed by atoms with van der Waals surface area (Å²) in [5, 5.41) is 8.20. The summed E-state index contributed by atoms with van der Waals surface area (Å²) < 4.78 is 0. The van der Waals surface area contributed by atoms with Gasteiger partial charge in [0.05, 0.1) is 0 Å². The van der Waals surface area contributed by atoms with Crippen molar-refractivity contribution in [1.82, 2.24) is 15.6 Å². The van der Waals surface area contributed by atoms with Gasteiger partial charge in [-0.15, -0.1) is 12.4 Å². The van der Waals surface area contributed by atoms with Gasteiger partial charge in [0.1, 0.15) is 0 Å². The molecule has 1 saturated heterocycles. The highest BCUT2D eigenvalue weighted by Gasteiger charge is 2.14. The Morgan fingerprint density at radius 1 is 1.12 bits per heavy atom. The Hall–Kier alpha value is -1.03. The van der Waals surface area contributed by atoms with E-state index < -0.39 is 0 Å². The quantitative estimate of drug-likeness (QED) is 0.708. The van der Waals surface area contributed by atoms with Crippen LogP contribution in [-0.4, -0.2) is 24.6 Å². The number of hydrogen-bond acceptors (Lipinski definition) is 2. The fourth-order valence-electron chi connectivity index (χ4n) is 2.17. The molecule has 0 radical (unpaired) electrons. The third-order valence-electron chi connectivity index (χ3n) is 3.02. The molecule has 0 aliphatic carbocycles. The molecule has 2 heterocycles. The van der Waals surface area contributed by atoms with Crippen molar-refractivity contribution in [3.8, 4) is 0 Å². The van der Waals surface area contributed by atoms with Crippen molar-refractivity contribution in [2.24, 2.45) is 0 Å². The Labute approximate surface area is 101 Å². The van der Waals surface area contributed by atoms with E-state index in [2.05, 4.69) is 39.9 Å². The average molecular weight is 238 g/mol. The summed E-state index contributed by atoms with van der Waals surface area (Å²) in [6.45, 7) is 3.14. The number of H-pyrrole nitrogens is 1. The number of piperazine rings is 1. The molecule has 1 aliphatic rings. The summed E-state index contributed by atoms with van der Waals surface area (Å²) >= 11 is 0. The number of benzene rings is 1. The minimum Gasteiger partial charge on any atom is -0.361 e. The molecule has 86 valence electrons. The maximum atomic E-state index is 3.52. The third kappa shape index (κ3) is 2.07. The van der Waals surface area contributed by atoms with Gasteiger partial charge in [0.2, 0.25) is 0 Å². The lowest BCUT2D eigenvalue weighted by atomic mass is 10.0. The van der Waals surface area contributed by atoms with Gasteiger partial charge in [0.15, 0.2) is 0 Å². The van der Waals surface area contributed by atoms with Crippen LogP contribution >= 0.6 is 12.4 Å². The van der Waals surface area contributed by atoms with E-state index in [9.17, 15) is 0 Å². The van der Waals surface area contributed by atoms with Gasteiger partial charge in [0, 0.05) is 37.4 Å². The predicted octanol–water partition coefficient (Wildman–Crippen LogP) is 1.82. The number of aromatic amines is 1. The van der Waals surface area contributed by atoms with Gasteiger partial charge in [0.25, 0.3) is 0 Å². The molecule has 0 saturated carbocycles. The summed E-state index contributed by atoms with van der Waals surface area (Å²) in [5.74, 6) is 0. The van der Waals surface area contributed by atoms with Crippen LogP contribution in [-0.2, 0) is 0 Å². The molecule has 16 heavy (non-hydrogen) atoms. The molecule has 0 amide bonds. The second-order valence-electron chi connectivity index (χ2n) is 4.04. The average Bonchev–Trinajstić information content (AvgIpc) is 2.77. The summed E-state index contributed by atoms with van der Waals surface area (Å²) in [6.07, 6.45) is 1.99. The fourth-order valence-corrected chi connectivity index (χ4v) is 2.17. The van der Waals surface area contributed by atoms with Crippen LogP contribution < -0.4 is 10.6 Å². The van der Waals surface area contributed by atoms with Gasteiger partial charge >= 0.3 is 0 Å². The maximum absolute atomic E-state index is 3.52. The van der Waals surface area contributed by atoms with Gasteiger partial charge in [-0.2, -0.15) is 0 Å². The molecule has 1 aliphatic heterocycles. The van der Waals surface area contributed by atoms with E-state index >= 15 is 0 Å². The highest BCUT2D eigenvalue weighted by Crippen LogP contribution is 2.19. The van der Waals surface area contributed by atoms with Gasteiger partial charge in [-0.1, -0.05) is 12.1 Å². The van der Waals surface area contributed by atoms with Crippen molar-refractivity contribution in [3.63, 3.8) is 0 Å². The number of hydrogen-bond donors (Lipinski definition) is 3. The first-order valence-corrected chi connectivity index (χ1v) is 5.44. The summed E-state index contributed by atoms with van der Waals surface area (Å²) in [5.41, 5.74) is 2.58. The Morgan fingerprint density at radius 3 is 2.88 bits per heavy atom. The van der Waals surface area contributed by atoms with Gasteiger partial charge < -0.3 is 15.6 Å². The molecule has 4 heteroatoms. The topological polar surface area (TPSA) is 39.8 Å². The van der Waals surface area contributed by atoms with E-state index in [-0.39, 0.29) is 12.4 Å². The van der Waals surface area contributed by atoms with Gasteiger partial charge in [-0.3, -0.25) is 0 Å². The Morgan fingerprint density at radius 2 is 2.06 bits per heavy atom. The molecule has 1 fully saturated rings. The van der Waals surface area contributed by atoms with Crippen molar-refractivity contribution < 1.29 is 0 Å². The molecular weight excluding hydrogens is 222 g/mol. The van der Waals surface area contributed by atoms with Crippen molar-refractivity contribution in [1.29, 1.82) is 0 Å². The minimum absolute atomic E-state index is 0. The van der Waals surface area contributed by atoms with Gasteiger partial charge in [-0.25, -0.2) is 0 Å². The van der Waals surface area contributed by atoms with Crippen LogP contribution in [0.25, 0.3) is 10.9 Å². The van der Waals surface area contributed by atoms with Crippen molar-refractivity contribution in [2.45, 2.75) is 6.04 Å². The van der Waals surface area contributed by atoms with Crippen LogP contribution in [0.15, 0.2) is 30.5 Å². The second-order valence-corrected chi connectivity index (χ2v) is 4.04. The molecule has 3 N–H and O–H groups in total. The largest absolute Gasteiger partial charge is 0.361 e. The van der Waals surface area contributed by atoms with Crippen LogP contribution in [0.2, 0.25) is 0 Å². The molecule has 1 aromatic carbocycles. The van der Waals surface area contributed by atoms with Crippen LogP contribution in [0.1, 0.15) is 11.6 Å². The molecule has 1 aromatic heterocycles. The highest BCUT2D eigenvalue weighted by molar-refractivity contribution is 5.85. The number of aromatic nitrogens is 1. The minimum atomic E-state index is 0. The Balaban J connectivity index is 0.000000963. The standard InChI is InChI=1S/C12H15N3.ClH/c1-2-10(12-8-13-5-6-15-12)7-11-9(1)3-4-14-11;/h1-4,7,12-15H,5-6,8H2;1H/t12-;/m1./s1. The van der Waals surface area contributed by atoms with Crippen molar-refractivity contribution >= 4 is 23.3 Å². The van der Waals surface area contributed by atoms with E-state index in [4.69, 9.17) is 0 Å². The van der Waals surface area contributed by atoms with E-state index in [1.165, 1.54) is 16.5 Å². The van der Waals surface area contributed by atoms with E-state index in [0.29, 0.717) is 6.04 Å². The highest BCUT2D eigenvalue weighted by atomic mass is 35.5.